The Morgan fingerprint density at radius 1 is 0.893 bits per heavy atom. The van der Waals surface area contributed by atoms with E-state index in [0.29, 0.717) is 11.1 Å². The molecule has 0 saturated heterocycles. The van der Waals surface area contributed by atoms with Crippen molar-refractivity contribution in [1.29, 1.82) is 0 Å². The smallest absolute Gasteiger partial charge is 0.258 e. The van der Waals surface area contributed by atoms with Crippen LogP contribution in [0.1, 0.15) is 21.5 Å². The van der Waals surface area contributed by atoms with Crippen LogP contribution in [0.4, 0.5) is 5.69 Å². The maximum absolute atomic E-state index is 13.3. The van der Waals surface area contributed by atoms with Gasteiger partial charge in [0.05, 0.1) is 6.54 Å². The highest BCUT2D eigenvalue weighted by atomic mass is 16.2. The lowest BCUT2D eigenvalue weighted by Crippen LogP contribution is -2.32. The van der Waals surface area contributed by atoms with Crippen molar-refractivity contribution in [3.63, 3.8) is 0 Å². The number of aromatic amines is 1. The lowest BCUT2D eigenvalue weighted by molar-refractivity contribution is 0.0985. The van der Waals surface area contributed by atoms with Gasteiger partial charge in [0.15, 0.2) is 0 Å². The minimum absolute atomic E-state index is 0.137. The molecule has 1 N–H and O–H groups in total. The Labute approximate surface area is 163 Å². The van der Waals surface area contributed by atoms with Crippen LogP contribution in [0.3, 0.4) is 0 Å². The maximum atomic E-state index is 13.3. The van der Waals surface area contributed by atoms with Crippen LogP contribution in [0.2, 0.25) is 0 Å². The predicted molar refractivity (Wildman–Crippen MR) is 113 cm³/mol. The lowest BCUT2D eigenvalue weighted by Gasteiger charge is -2.23. The van der Waals surface area contributed by atoms with Gasteiger partial charge >= 0.3 is 0 Å². The zero-order valence-corrected chi connectivity index (χ0v) is 15.6. The predicted octanol–water partition coefficient (Wildman–Crippen LogP) is 4.68. The van der Waals surface area contributed by atoms with Gasteiger partial charge < -0.3 is 9.88 Å². The normalized spacial score (nSPS) is 10.8. The molecule has 3 aromatic carbocycles. The Kier molecular flexibility index (Phi) is 4.77. The van der Waals surface area contributed by atoms with Crippen molar-refractivity contribution in [2.24, 2.45) is 0 Å². The fourth-order valence-corrected chi connectivity index (χ4v) is 3.30. The molecule has 4 rings (SSSR count). The number of amides is 1. The van der Waals surface area contributed by atoms with E-state index in [0.717, 1.165) is 22.2 Å². The van der Waals surface area contributed by atoms with Crippen molar-refractivity contribution in [3.05, 3.63) is 112 Å². The molecular weight excluding hydrogens is 348 g/mol. The van der Waals surface area contributed by atoms with Gasteiger partial charge in [-0.1, -0.05) is 54.1 Å². The third-order valence-electron chi connectivity index (χ3n) is 4.74. The summed E-state index contributed by atoms with van der Waals surface area (Å²) in [7, 11) is 0. The summed E-state index contributed by atoms with van der Waals surface area (Å²) in [6.45, 7) is 2.15. The van der Waals surface area contributed by atoms with Crippen molar-refractivity contribution in [2.75, 3.05) is 4.90 Å². The molecule has 0 unspecified atom stereocenters. The second-order valence-corrected chi connectivity index (χ2v) is 6.81. The molecule has 0 fully saturated rings. The first-order chi connectivity index (χ1) is 13.6. The van der Waals surface area contributed by atoms with Crippen LogP contribution >= 0.6 is 0 Å². The zero-order valence-electron chi connectivity index (χ0n) is 15.6. The molecule has 138 valence electrons. The van der Waals surface area contributed by atoms with Crippen LogP contribution in [-0.4, -0.2) is 10.9 Å². The number of carbonyl (C=O) groups excluding carboxylic acids is 1. The molecular formula is C24H20N2O2. The number of carbonyl (C=O) groups is 1. The van der Waals surface area contributed by atoms with Crippen LogP contribution < -0.4 is 10.5 Å². The molecule has 1 aromatic heterocycles. The highest BCUT2D eigenvalue weighted by Gasteiger charge is 2.19. The van der Waals surface area contributed by atoms with E-state index in [9.17, 15) is 9.59 Å². The maximum Gasteiger partial charge on any atom is 0.258 e. The molecule has 0 bridgehead atoms. The van der Waals surface area contributed by atoms with E-state index in [1.165, 1.54) is 0 Å². The topological polar surface area (TPSA) is 53.2 Å². The Bertz CT molecular complexity index is 1200. The quantitative estimate of drug-likeness (QED) is 0.568. The molecule has 4 nitrogen and oxygen atoms in total. The number of hydrogen-bond acceptors (Lipinski definition) is 2. The van der Waals surface area contributed by atoms with E-state index in [4.69, 9.17) is 0 Å². The zero-order chi connectivity index (χ0) is 19.5. The SMILES string of the molecule is Cc1cccc(C(=O)N(Cc2cc3ccccc3[nH]c2=O)c2ccccc2)c1. The largest absolute Gasteiger partial charge is 0.322 e. The van der Waals surface area contributed by atoms with Gasteiger partial charge in [0, 0.05) is 22.3 Å². The molecule has 0 spiro atoms. The number of benzene rings is 3. The van der Waals surface area contributed by atoms with E-state index in [1.807, 2.05) is 85.8 Å². The molecule has 0 aliphatic heterocycles. The standard InChI is InChI=1S/C24H20N2O2/c1-17-8-7-10-19(14-17)24(28)26(21-11-3-2-4-12-21)16-20-15-18-9-5-6-13-22(18)25-23(20)27/h2-15H,16H2,1H3,(H,25,27). The molecule has 0 aliphatic carbocycles. The van der Waals surface area contributed by atoms with E-state index in [-0.39, 0.29) is 18.0 Å². The molecule has 0 atom stereocenters. The van der Waals surface area contributed by atoms with Gasteiger partial charge in [0.25, 0.3) is 11.5 Å². The van der Waals surface area contributed by atoms with Crippen molar-refractivity contribution >= 4 is 22.5 Å². The summed E-state index contributed by atoms with van der Waals surface area (Å²) in [6, 6.07) is 26.4. The summed E-state index contributed by atoms with van der Waals surface area (Å²) < 4.78 is 0. The van der Waals surface area contributed by atoms with Crippen molar-refractivity contribution in [1.82, 2.24) is 4.98 Å². The highest BCUT2D eigenvalue weighted by Crippen LogP contribution is 2.21. The number of rotatable bonds is 4. The number of para-hydroxylation sites is 2. The summed E-state index contributed by atoms with van der Waals surface area (Å²) in [5, 5.41) is 0.938. The first kappa shape index (κ1) is 17.7. The summed E-state index contributed by atoms with van der Waals surface area (Å²) in [4.78, 5) is 30.5. The number of fused-ring (bicyclic) bond motifs is 1. The molecule has 0 radical (unpaired) electrons. The van der Waals surface area contributed by atoms with Crippen LogP contribution in [-0.2, 0) is 6.54 Å². The molecule has 1 amide bonds. The van der Waals surface area contributed by atoms with Gasteiger partial charge in [-0.25, -0.2) is 0 Å². The first-order valence-corrected chi connectivity index (χ1v) is 9.16. The molecule has 4 heteroatoms. The van der Waals surface area contributed by atoms with E-state index in [1.54, 1.807) is 11.0 Å². The van der Waals surface area contributed by atoms with E-state index in [2.05, 4.69) is 4.98 Å². The Balaban J connectivity index is 1.77. The van der Waals surface area contributed by atoms with Crippen molar-refractivity contribution in [3.8, 4) is 0 Å². The highest BCUT2D eigenvalue weighted by molar-refractivity contribution is 6.06. The van der Waals surface area contributed by atoms with E-state index < -0.39 is 0 Å². The van der Waals surface area contributed by atoms with Gasteiger partial charge in [0.2, 0.25) is 0 Å². The first-order valence-electron chi connectivity index (χ1n) is 9.16. The number of hydrogen-bond donors (Lipinski definition) is 1. The summed E-state index contributed by atoms with van der Waals surface area (Å²) >= 11 is 0. The number of aryl methyl sites for hydroxylation is 1. The molecule has 0 aliphatic rings. The number of aromatic nitrogens is 1. The fraction of sp³-hybridized carbons (Fsp3) is 0.0833. The minimum atomic E-state index is -0.184. The summed E-state index contributed by atoms with van der Waals surface area (Å²) in [5.41, 5.74) is 3.51. The number of anilines is 1. The molecule has 4 aromatic rings. The minimum Gasteiger partial charge on any atom is -0.322 e. The van der Waals surface area contributed by atoms with Gasteiger partial charge in [-0.05, 0) is 48.7 Å². The number of pyridine rings is 1. The lowest BCUT2D eigenvalue weighted by atomic mass is 10.1. The number of H-pyrrole nitrogens is 1. The molecule has 0 saturated carbocycles. The second kappa shape index (κ2) is 7.53. The number of nitrogens with one attached hydrogen (secondary N) is 1. The Morgan fingerprint density at radius 3 is 2.43 bits per heavy atom. The average molecular weight is 368 g/mol. The summed E-state index contributed by atoms with van der Waals surface area (Å²) in [6.07, 6.45) is 0. The van der Waals surface area contributed by atoms with Gasteiger partial charge in [-0.3, -0.25) is 9.59 Å². The Hall–Kier alpha value is -3.66. The van der Waals surface area contributed by atoms with Gasteiger partial charge in [-0.15, -0.1) is 0 Å². The number of nitrogens with zero attached hydrogens (tertiary/aromatic N) is 1. The van der Waals surface area contributed by atoms with Crippen molar-refractivity contribution < 1.29 is 4.79 Å². The van der Waals surface area contributed by atoms with Crippen LogP contribution in [0, 0.1) is 6.92 Å². The monoisotopic (exact) mass is 368 g/mol. The van der Waals surface area contributed by atoms with E-state index >= 15 is 0 Å². The fourth-order valence-electron chi connectivity index (χ4n) is 3.30. The third kappa shape index (κ3) is 3.58. The van der Waals surface area contributed by atoms with Crippen molar-refractivity contribution in [2.45, 2.75) is 13.5 Å². The second-order valence-electron chi connectivity index (χ2n) is 6.81. The Morgan fingerprint density at radius 2 is 1.64 bits per heavy atom. The molecule has 28 heavy (non-hydrogen) atoms. The molecule has 1 heterocycles. The van der Waals surface area contributed by atoms with Gasteiger partial charge in [-0.2, -0.15) is 0 Å². The summed E-state index contributed by atoms with van der Waals surface area (Å²) in [5.74, 6) is -0.137. The van der Waals surface area contributed by atoms with Gasteiger partial charge in [0.1, 0.15) is 0 Å². The average Bonchev–Trinajstić information content (AvgIpc) is 2.72. The van der Waals surface area contributed by atoms with Crippen LogP contribution in [0.5, 0.6) is 0 Å². The van der Waals surface area contributed by atoms with Crippen LogP contribution in [0.25, 0.3) is 10.9 Å². The third-order valence-corrected chi connectivity index (χ3v) is 4.74. The van der Waals surface area contributed by atoms with Crippen LogP contribution in [0.15, 0.2) is 89.7 Å².